The topological polar surface area (TPSA) is 67.8 Å². The molecular formula is C13H15F3N2O3S. The van der Waals surface area contributed by atoms with E-state index in [0.717, 1.165) is 6.42 Å². The number of alkyl halides is 3. The molecule has 22 heavy (non-hydrogen) atoms. The first-order chi connectivity index (χ1) is 10.2. The zero-order valence-corrected chi connectivity index (χ0v) is 12.5. The Labute approximate surface area is 126 Å². The summed E-state index contributed by atoms with van der Waals surface area (Å²) in [7, 11) is -5.44. The van der Waals surface area contributed by atoms with Gasteiger partial charge < -0.3 is 4.84 Å². The van der Waals surface area contributed by atoms with Crippen LogP contribution in [0.2, 0.25) is 0 Å². The molecule has 1 aromatic carbocycles. The Kier molecular flexibility index (Phi) is 4.64. The fourth-order valence-electron chi connectivity index (χ4n) is 2.01. The van der Waals surface area contributed by atoms with E-state index in [-0.39, 0.29) is 18.2 Å². The van der Waals surface area contributed by atoms with Crippen LogP contribution in [-0.4, -0.2) is 25.7 Å². The van der Waals surface area contributed by atoms with E-state index >= 15 is 0 Å². The third-order valence-electron chi connectivity index (χ3n) is 3.21. The highest BCUT2D eigenvalue weighted by molar-refractivity contribution is 7.93. The highest BCUT2D eigenvalue weighted by Crippen LogP contribution is 2.28. The van der Waals surface area contributed by atoms with Crippen molar-refractivity contribution in [1.82, 2.24) is 0 Å². The van der Waals surface area contributed by atoms with Gasteiger partial charge >= 0.3 is 15.5 Å². The molecule has 1 atom stereocenters. The van der Waals surface area contributed by atoms with Gasteiger partial charge in [-0.25, -0.2) is 0 Å². The van der Waals surface area contributed by atoms with Gasteiger partial charge in [0, 0.05) is 12.8 Å². The van der Waals surface area contributed by atoms with Gasteiger partial charge in [0.05, 0.1) is 11.4 Å². The maximum absolute atomic E-state index is 12.5. The van der Waals surface area contributed by atoms with Crippen molar-refractivity contribution < 1.29 is 26.4 Å². The summed E-state index contributed by atoms with van der Waals surface area (Å²) in [5, 5.41) is 3.89. The van der Waals surface area contributed by atoms with Gasteiger partial charge in [-0.05, 0) is 18.1 Å². The summed E-state index contributed by atoms with van der Waals surface area (Å²) >= 11 is 0. The van der Waals surface area contributed by atoms with E-state index in [1.165, 1.54) is 12.1 Å². The molecule has 0 saturated heterocycles. The van der Waals surface area contributed by atoms with E-state index in [0.29, 0.717) is 17.7 Å². The van der Waals surface area contributed by atoms with Crippen molar-refractivity contribution >= 4 is 21.4 Å². The zero-order chi connectivity index (χ0) is 16.4. The fraction of sp³-hybridized carbons (Fsp3) is 0.462. The molecule has 0 aliphatic carbocycles. The molecule has 0 aromatic heterocycles. The molecule has 1 aliphatic heterocycles. The largest absolute Gasteiger partial charge is 0.516 e. The molecule has 0 amide bonds. The Balaban J connectivity index is 2.18. The lowest BCUT2D eigenvalue weighted by Crippen LogP contribution is -2.30. The predicted octanol–water partition coefficient (Wildman–Crippen LogP) is 3.05. The second kappa shape index (κ2) is 6.15. The van der Waals surface area contributed by atoms with E-state index in [1.54, 1.807) is 16.9 Å². The van der Waals surface area contributed by atoms with Crippen LogP contribution < -0.4 is 4.72 Å². The normalized spacial score (nSPS) is 18.7. The number of anilines is 1. The summed E-state index contributed by atoms with van der Waals surface area (Å²) in [4.78, 5) is 5.15. The first kappa shape index (κ1) is 16.6. The monoisotopic (exact) mass is 336 g/mol. The smallest absolute Gasteiger partial charge is 0.392 e. The van der Waals surface area contributed by atoms with Crippen molar-refractivity contribution in [2.45, 2.75) is 37.8 Å². The second-order valence-electron chi connectivity index (χ2n) is 4.88. The first-order valence-corrected chi connectivity index (χ1v) is 8.10. The Morgan fingerprint density at radius 1 is 1.36 bits per heavy atom. The molecule has 0 saturated carbocycles. The van der Waals surface area contributed by atoms with Crippen LogP contribution in [0.1, 0.15) is 25.3 Å². The average Bonchev–Trinajstić information content (AvgIpc) is 2.87. The van der Waals surface area contributed by atoms with Gasteiger partial charge in [-0.2, -0.15) is 21.6 Å². The second-order valence-corrected chi connectivity index (χ2v) is 6.56. The van der Waals surface area contributed by atoms with Gasteiger partial charge in [-0.3, -0.25) is 4.72 Å². The number of halogens is 3. The lowest BCUT2D eigenvalue weighted by molar-refractivity contribution is -0.0429. The van der Waals surface area contributed by atoms with E-state index in [4.69, 9.17) is 4.84 Å². The van der Waals surface area contributed by atoms with E-state index < -0.39 is 15.5 Å². The number of sulfonamides is 1. The van der Waals surface area contributed by atoms with E-state index in [9.17, 15) is 21.6 Å². The van der Waals surface area contributed by atoms with Gasteiger partial charge in [0.1, 0.15) is 6.10 Å². The van der Waals surface area contributed by atoms with Crippen LogP contribution in [-0.2, 0) is 21.3 Å². The van der Waals surface area contributed by atoms with E-state index in [2.05, 4.69) is 5.16 Å². The number of nitrogens with zero attached hydrogens (tertiary/aromatic N) is 1. The number of nitrogens with one attached hydrogen (secondary N) is 1. The van der Waals surface area contributed by atoms with Crippen LogP contribution >= 0.6 is 0 Å². The van der Waals surface area contributed by atoms with Gasteiger partial charge in [-0.15, -0.1) is 0 Å². The zero-order valence-electron chi connectivity index (χ0n) is 11.7. The van der Waals surface area contributed by atoms with Crippen LogP contribution in [0.4, 0.5) is 18.9 Å². The molecule has 0 radical (unpaired) electrons. The molecule has 0 bridgehead atoms. The minimum atomic E-state index is -5.44. The number of hydrogen-bond acceptors (Lipinski definition) is 4. The van der Waals surface area contributed by atoms with Gasteiger partial charge in [-0.1, -0.05) is 30.3 Å². The summed E-state index contributed by atoms with van der Waals surface area (Å²) in [6, 6.07) is 5.91. The molecule has 0 spiro atoms. The standard InChI is InChI=1S/C13H15F3N2O3S/c1-2-11-8-10(17-21-11)7-9-5-3-4-6-12(9)18-22(19,20)13(14,15)16/h3-6,11,18H,2,7-8H2,1H3. The third kappa shape index (κ3) is 3.70. The summed E-state index contributed by atoms with van der Waals surface area (Å²) in [6.07, 6.45) is 1.55. The Hall–Kier alpha value is -1.77. The molecule has 1 heterocycles. The van der Waals surface area contributed by atoms with Crippen molar-refractivity contribution in [2.75, 3.05) is 4.72 Å². The number of benzene rings is 1. The molecule has 2 rings (SSSR count). The highest BCUT2D eigenvalue weighted by Gasteiger charge is 2.46. The van der Waals surface area contributed by atoms with Gasteiger partial charge in [0.25, 0.3) is 0 Å². The van der Waals surface area contributed by atoms with Crippen molar-refractivity contribution in [3.8, 4) is 0 Å². The molecule has 0 fully saturated rings. The molecular weight excluding hydrogens is 321 g/mol. The number of oxime groups is 1. The van der Waals surface area contributed by atoms with Crippen molar-refractivity contribution in [3.63, 3.8) is 0 Å². The number of rotatable bonds is 5. The lowest BCUT2D eigenvalue weighted by Gasteiger charge is -2.13. The SMILES string of the molecule is CCC1CC(Cc2ccccc2NS(=O)(=O)C(F)(F)F)=NO1. The Morgan fingerprint density at radius 2 is 2.05 bits per heavy atom. The molecule has 122 valence electrons. The fourth-order valence-corrected chi connectivity index (χ4v) is 2.61. The van der Waals surface area contributed by atoms with Crippen LogP contribution in [0.5, 0.6) is 0 Å². The maximum atomic E-state index is 12.5. The average molecular weight is 336 g/mol. The van der Waals surface area contributed by atoms with Crippen LogP contribution in [0.25, 0.3) is 0 Å². The summed E-state index contributed by atoms with van der Waals surface area (Å²) < 4.78 is 61.4. The molecule has 9 heteroatoms. The van der Waals surface area contributed by atoms with Crippen LogP contribution in [0, 0.1) is 0 Å². The number of hydrogen-bond donors (Lipinski definition) is 1. The van der Waals surface area contributed by atoms with Crippen LogP contribution in [0.15, 0.2) is 29.4 Å². The number of para-hydroxylation sites is 1. The first-order valence-electron chi connectivity index (χ1n) is 6.61. The molecule has 1 aliphatic rings. The molecule has 1 unspecified atom stereocenters. The van der Waals surface area contributed by atoms with E-state index in [1.807, 2.05) is 6.92 Å². The maximum Gasteiger partial charge on any atom is 0.516 e. The Morgan fingerprint density at radius 3 is 2.64 bits per heavy atom. The van der Waals surface area contributed by atoms with Gasteiger partial charge in [0.2, 0.25) is 0 Å². The van der Waals surface area contributed by atoms with Crippen molar-refractivity contribution in [3.05, 3.63) is 29.8 Å². The van der Waals surface area contributed by atoms with Crippen molar-refractivity contribution in [1.29, 1.82) is 0 Å². The predicted molar refractivity (Wildman–Crippen MR) is 76.0 cm³/mol. The Bertz CT molecular complexity index is 671. The molecule has 1 N–H and O–H groups in total. The summed E-state index contributed by atoms with van der Waals surface area (Å²) in [5.74, 6) is 0. The quantitative estimate of drug-likeness (QED) is 0.898. The molecule has 1 aromatic rings. The summed E-state index contributed by atoms with van der Waals surface area (Å²) in [6.45, 7) is 1.94. The summed E-state index contributed by atoms with van der Waals surface area (Å²) in [5.41, 5.74) is -4.39. The third-order valence-corrected chi connectivity index (χ3v) is 4.31. The van der Waals surface area contributed by atoms with Crippen molar-refractivity contribution in [2.24, 2.45) is 5.16 Å². The minimum Gasteiger partial charge on any atom is -0.392 e. The minimum absolute atomic E-state index is 0.0333. The lowest BCUT2D eigenvalue weighted by atomic mass is 10.0. The molecule has 5 nitrogen and oxygen atoms in total. The van der Waals surface area contributed by atoms with Gasteiger partial charge in [0.15, 0.2) is 0 Å². The highest BCUT2D eigenvalue weighted by atomic mass is 32.2. The van der Waals surface area contributed by atoms with Crippen LogP contribution in [0.3, 0.4) is 0 Å².